The van der Waals surface area contributed by atoms with Crippen molar-refractivity contribution < 1.29 is 0 Å². The molecule has 0 spiro atoms. The minimum absolute atomic E-state index is 0.108. The van der Waals surface area contributed by atoms with Gasteiger partial charge in [0.2, 0.25) is 0 Å². The molecule has 1 fully saturated rings. The van der Waals surface area contributed by atoms with E-state index in [1.54, 1.807) is 0 Å². The highest BCUT2D eigenvalue weighted by molar-refractivity contribution is 7.20. The van der Waals surface area contributed by atoms with Crippen molar-refractivity contribution in [1.29, 1.82) is 0 Å². The molecule has 3 rings (SSSR count). The summed E-state index contributed by atoms with van der Waals surface area (Å²) in [5.41, 5.74) is 6.43. The van der Waals surface area contributed by atoms with Gasteiger partial charge in [0.05, 0.1) is 14.7 Å². The molecular weight excluding hydrogens is 311 g/mol. The van der Waals surface area contributed by atoms with Crippen LogP contribution in [0.25, 0.3) is 0 Å². The van der Waals surface area contributed by atoms with Crippen molar-refractivity contribution in [2.45, 2.75) is 31.2 Å². The van der Waals surface area contributed by atoms with Gasteiger partial charge in [-0.1, -0.05) is 53.9 Å². The van der Waals surface area contributed by atoms with Crippen molar-refractivity contribution in [2.75, 3.05) is 0 Å². The van der Waals surface area contributed by atoms with Gasteiger partial charge < -0.3 is 0 Å². The average molecular weight is 327 g/mol. The van der Waals surface area contributed by atoms with Crippen LogP contribution in [0.1, 0.15) is 47.9 Å². The maximum atomic E-state index is 6.29. The minimum Gasteiger partial charge on any atom is -0.271 e. The number of hydrazine groups is 1. The van der Waals surface area contributed by atoms with Gasteiger partial charge in [0.1, 0.15) is 0 Å². The minimum atomic E-state index is -0.108. The van der Waals surface area contributed by atoms with Crippen LogP contribution in [0.4, 0.5) is 0 Å². The molecule has 1 unspecified atom stereocenters. The molecule has 1 saturated carbocycles. The van der Waals surface area contributed by atoms with Crippen LogP contribution >= 0.6 is 34.5 Å². The average Bonchev–Trinajstić information content (AvgIpc) is 2.70. The Bertz CT molecular complexity index is 608. The van der Waals surface area contributed by atoms with Crippen LogP contribution in [0.3, 0.4) is 0 Å². The molecule has 2 nitrogen and oxygen atoms in total. The molecule has 0 radical (unpaired) electrons. The van der Waals surface area contributed by atoms with Gasteiger partial charge in [-0.15, -0.1) is 11.3 Å². The second-order valence-electron chi connectivity index (χ2n) is 5.14. The summed E-state index contributed by atoms with van der Waals surface area (Å²) in [5, 5.41) is 0. The third-order valence-electron chi connectivity index (χ3n) is 4.01. The van der Waals surface area contributed by atoms with E-state index in [1.165, 1.54) is 41.7 Å². The molecule has 1 heterocycles. The number of hydrogen-bond donors (Lipinski definition) is 2. The Morgan fingerprint density at radius 1 is 1.20 bits per heavy atom. The fraction of sp³-hybridized carbons (Fsp3) is 0.333. The standard InChI is InChI=1S/C15H16Cl2N2S/c16-13-8-12(15(17)20-13)14(19-18)11-7-2-1-6-10(11)9-4-3-5-9/h1-2,6-9,14,19H,3-5,18H2. The predicted molar refractivity (Wildman–Crippen MR) is 86.5 cm³/mol. The van der Waals surface area contributed by atoms with Crippen molar-refractivity contribution in [2.24, 2.45) is 5.84 Å². The van der Waals surface area contributed by atoms with Crippen LogP contribution in [-0.4, -0.2) is 0 Å². The summed E-state index contributed by atoms with van der Waals surface area (Å²) < 4.78 is 1.38. The van der Waals surface area contributed by atoms with E-state index in [0.717, 1.165) is 5.56 Å². The lowest BCUT2D eigenvalue weighted by Crippen LogP contribution is -2.30. The molecule has 5 heteroatoms. The van der Waals surface area contributed by atoms with E-state index in [2.05, 4.69) is 23.6 Å². The Balaban J connectivity index is 2.03. The largest absolute Gasteiger partial charge is 0.271 e. The van der Waals surface area contributed by atoms with Crippen LogP contribution in [0, 0.1) is 0 Å². The molecule has 0 amide bonds. The van der Waals surface area contributed by atoms with E-state index in [4.69, 9.17) is 29.0 Å². The number of benzene rings is 1. The lowest BCUT2D eigenvalue weighted by molar-refractivity contribution is 0.414. The van der Waals surface area contributed by atoms with Crippen LogP contribution in [0.2, 0.25) is 8.67 Å². The molecular formula is C15H16Cl2N2S. The maximum Gasteiger partial charge on any atom is 0.0995 e. The monoisotopic (exact) mass is 326 g/mol. The molecule has 1 aliphatic carbocycles. The molecule has 0 bridgehead atoms. The third kappa shape index (κ3) is 2.61. The molecule has 0 saturated heterocycles. The summed E-state index contributed by atoms with van der Waals surface area (Å²) in [6.45, 7) is 0. The highest BCUT2D eigenvalue weighted by atomic mass is 35.5. The van der Waals surface area contributed by atoms with E-state index in [0.29, 0.717) is 14.6 Å². The smallest absolute Gasteiger partial charge is 0.0995 e. The number of nitrogens with one attached hydrogen (secondary N) is 1. The summed E-state index contributed by atoms with van der Waals surface area (Å²) >= 11 is 13.7. The Morgan fingerprint density at radius 3 is 2.50 bits per heavy atom. The fourth-order valence-corrected chi connectivity index (χ4v) is 4.29. The molecule has 1 aromatic heterocycles. The van der Waals surface area contributed by atoms with Gasteiger partial charge in [-0.05, 0) is 36.0 Å². The lowest BCUT2D eigenvalue weighted by Gasteiger charge is -2.30. The van der Waals surface area contributed by atoms with Crippen molar-refractivity contribution in [3.63, 3.8) is 0 Å². The lowest BCUT2D eigenvalue weighted by atomic mass is 9.77. The van der Waals surface area contributed by atoms with Gasteiger partial charge in [0.15, 0.2) is 0 Å². The van der Waals surface area contributed by atoms with Gasteiger partial charge in [0, 0.05) is 5.56 Å². The van der Waals surface area contributed by atoms with E-state index in [9.17, 15) is 0 Å². The third-order valence-corrected chi connectivity index (χ3v) is 5.53. The molecule has 20 heavy (non-hydrogen) atoms. The van der Waals surface area contributed by atoms with Gasteiger partial charge in [-0.2, -0.15) is 0 Å². The number of nitrogens with two attached hydrogens (primary N) is 1. The molecule has 0 aliphatic heterocycles. The van der Waals surface area contributed by atoms with Crippen LogP contribution in [0.15, 0.2) is 30.3 Å². The first-order valence-corrected chi connectivity index (χ1v) is 8.27. The number of rotatable bonds is 4. The Kier molecular flexibility index (Phi) is 4.34. The van der Waals surface area contributed by atoms with Crippen molar-refractivity contribution >= 4 is 34.5 Å². The zero-order valence-electron chi connectivity index (χ0n) is 10.9. The molecule has 3 N–H and O–H groups in total. The second kappa shape index (κ2) is 6.04. The molecule has 2 aromatic rings. The van der Waals surface area contributed by atoms with Crippen molar-refractivity contribution in [1.82, 2.24) is 5.43 Å². The SMILES string of the molecule is NNC(c1ccccc1C1CCC1)c1cc(Cl)sc1Cl. The summed E-state index contributed by atoms with van der Waals surface area (Å²) in [4.78, 5) is 0. The zero-order valence-corrected chi connectivity index (χ0v) is 13.2. The van der Waals surface area contributed by atoms with Gasteiger partial charge >= 0.3 is 0 Å². The molecule has 1 aromatic carbocycles. The molecule has 106 valence electrons. The topological polar surface area (TPSA) is 38.0 Å². The summed E-state index contributed by atoms with van der Waals surface area (Å²) in [6.07, 6.45) is 3.82. The summed E-state index contributed by atoms with van der Waals surface area (Å²) in [7, 11) is 0. The Hall–Kier alpha value is -0.580. The number of thiophene rings is 1. The van der Waals surface area contributed by atoms with Crippen molar-refractivity contribution in [3.05, 3.63) is 55.7 Å². The van der Waals surface area contributed by atoms with Crippen LogP contribution in [-0.2, 0) is 0 Å². The Labute approximate surface area is 132 Å². The maximum absolute atomic E-state index is 6.29. The first kappa shape index (κ1) is 14.4. The molecule has 1 atom stereocenters. The quantitative estimate of drug-likeness (QED) is 0.621. The van der Waals surface area contributed by atoms with Gasteiger partial charge in [-0.3, -0.25) is 5.84 Å². The van der Waals surface area contributed by atoms with Crippen LogP contribution in [0.5, 0.6) is 0 Å². The van der Waals surface area contributed by atoms with Crippen LogP contribution < -0.4 is 11.3 Å². The first-order valence-electron chi connectivity index (χ1n) is 6.70. The summed E-state index contributed by atoms with van der Waals surface area (Å²) in [6, 6.07) is 10.3. The Morgan fingerprint density at radius 2 is 1.95 bits per heavy atom. The fourth-order valence-electron chi connectivity index (χ4n) is 2.76. The van der Waals surface area contributed by atoms with E-state index < -0.39 is 0 Å². The van der Waals surface area contributed by atoms with E-state index in [1.807, 2.05) is 12.1 Å². The normalized spacial score (nSPS) is 16.9. The zero-order chi connectivity index (χ0) is 14.1. The second-order valence-corrected chi connectivity index (χ2v) is 7.42. The predicted octanol–water partition coefficient (Wildman–Crippen LogP) is 4.88. The first-order chi connectivity index (χ1) is 9.70. The van der Waals surface area contributed by atoms with E-state index >= 15 is 0 Å². The van der Waals surface area contributed by atoms with E-state index in [-0.39, 0.29) is 6.04 Å². The molecule has 1 aliphatic rings. The van der Waals surface area contributed by atoms with Gasteiger partial charge in [0.25, 0.3) is 0 Å². The highest BCUT2D eigenvalue weighted by Crippen LogP contribution is 2.43. The summed E-state index contributed by atoms with van der Waals surface area (Å²) in [5.74, 6) is 6.44. The van der Waals surface area contributed by atoms with Gasteiger partial charge in [-0.25, -0.2) is 5.43 Å². The van der Waals surface area contributed by atoms with Crippen molar-refractivity contribution in [3.8, 4) is 0 Å². The number of halogens is 2. The number of hydrogen-bond acceptors (Lipinski definition) is 3. The highest BCUT2D eigenvalue weighted by Gasteiger charge is 2.26.